The molecular weight excluding hydrogens is 270 g/mol. The van der Waals surface area contributed by atoms with Gasteiger partial charge in [0.05, 0.1) is 0 Å². The molecule has 5 fully saturated rings. The summed E-state index contributed by atoms with van der Waals surface area (Å²) in [5.41, 5.74) is 6.96. The summed E-state index contributed by atoms with van der Waals surface area (Å²) in [5, 5.41) is 0. The van der Waals surface area contributed by atoms with Crippen molar-refractivity contribution in [3.8, 4) is 0 Å². The van der Waals surface area contributed by atoms with E-state index in [1.807, 2.05) is 0 Å². The molecule has 1 atom stereocenters. The summed E-state index contributed by atoms with van der Waals surface area (Å²) in [4.78, 5) is 0. The summed E-state index contributed by atoms with van der Waals surface area (Å²) < 4.78 is 6.06. The zero-order valence-electron chi connectivity index (χ0n) is 14.3. The topological polar surface area (TPSA) is 35.2 Å². The highest BCUT2D eigenvalue weighted by Crippen LogP contribution is 2.61. The van der Waals surface area contributed by atoms with E-state index in [1.165, 1.54) is 77.0 Å². The van der Waals surface area contributed by atoms with Crippen LogP contribution >= 0.6 is 0 Å². The maximum absolute atomic E-state index is 6.39. The normalized spacial score (nSPS) is 42.7. The van der Waals surface area contributed by atoms with Crippen molar-refractivity contribution in [2.75, 3.05) is 6.61 Å². The predicted octanol–water partition coefficient (Wildman–Crippen LogP) is 4.86. The molecule has 2 N–H and O–H groups in total. The molecule has 0 heterocycles. The van der Waals surface area contributed by atoms with Gasteiger partial charge in [0.25, 0.3) is 0 Å². The average Bonchev–Trinajstić information content (AvgIpc) is 2.46. The van der Waals surface area contributed by atoms with Crippen LogP contribution < -0.4 is 5.73 Å². The van der Waals surface area contributed by atoms with Crippen molar-refractivity contribution >= 4 is 0 Å². The molecule has 0 aromatic carbocycles. The van der Waals surface area contributed by atoms with Crippen LogP contribution in [0.4, 0.5) is 0 Å². The molecule has 0 amide bonds. The lowest BCUT2D eigenvalue weighted by Crippen LogP contribution is -2.48. The Kier molecular flexibility index (Phi) is 4.52. The van der Waals surface area contributed by atoms with Gasteiger partial charge in [0.2, 0.25) is 0 Å². The van der Waals surface area contributed by atoms with Gasteiger partial charge in [-0.1, -0.05) is 32.1 Å². The van der Waals surface area contributed by atoms with Crippen LogP contribution in [-0.2, 0) is 4.74 Å². The maximum Gasteiger partial charge on any atom is 0.106 e. The molecule has 5 rings (SSSR count). The highest BCUT2D eigenvalue weighted by molar-refractivity contribution is 5.01. The molecule has 1 unspecified atom stereocenters. The van der Waals surface area contributed by atoms with Crippen LogP contribution in [0.5, 0.6) is 0 Å². The predicted molar refractivity (Wildman–Crippen MR) is 90.3 cm³/mol. The van der Waals surface area contributed by atoms with Crippen molar-refractivity contribution < 1.29 is 4.74 Å². The van der Waals surface area contributed by atoms with Gasteiger partial charge in [-0.05, 0) is 80.5 Å². The summed E-state index contributed by atoms with van der Waals surface area (Å²) in [6.07, 6.45) is 18.5. The summed E-state index contributed by atoms with van der Waals surface area (Å²) in [7, 11) is 0. The van der Waals surface area contributed by atoms with Gasteiger partial charge < -0.3 is 10.5 Å². The van der Waals surface area contributed by atoms with Crippen LogP contribution in [0.25, 0.3) is 0 Å². The maximum atomic E-state index is 6.39. The Morgan fingerprint density at radius 2 is 1.50 bits per heavy atom. The summed E-state index contributed by atoms with van der Waals surface area (Å²) in [6, 6.07) is 0. The minimum atomic E-state index is -0.000148. The molecule has 5 aliphatic carbocycles. The standard InChI is InChI=1S/C20H35NO/c21-19(22-7-6-15-4-2-1-3-5-15)14-20-11-16-8-17(12-20)10-18(9-16)13-20/h15-19H,1-14,21H2. The lowest BCUT2D eigenvalue weighted by Gasteiger charge is -2.57. The zero-order valence-corrected chi connectivity index (χ0v) is 14.3. The fourth-order valence-electron chi connectivity index (χ4n) is 6.89. The Morgan fingerprint density at radius 1 is 0.909 bits per heavy atom. The SMILES string of the molecule is NC(CC12CC3CC(CC(C3)C1)C2)OCCC1CCCCC1. The summed E-state index contributed by atoms with van der Waals surface area (Å²) in [5.74, 6) is 4.00. The number of hydrogen-bond acceptors (Lipinski definition) is 2. The monoisotopic (exact) mass is 305 g/mol. The molecule has 5 saturated carbocycles. The Bertz CT molecular complexity index is 339. The average molecular weight is 306 g/mol. The van der Waals surface area contributed by atoms with Crippen molar-refractivity contribution in [1.82, 2.24) is 0 Å². The number of rotatable bonds is 6. The van der Waals surface area contributed by atoms with Crippen LogP contribution in [-0.4, -0.2) is 12.8 Å². The van der Waals surface area contributed by atoms with E-state index in [0.29, 0.717) is 5.41 Å². The number of hydrogen-bond donors (Lipinski definition) is 1. The molecule has 0 saturated heterocycles. The first-order valence-electron chi connectivity index (χ1n) is 10.1. The van der Waals surface area contributed by atoms with E-state index in [-0.39, 0.29) is 6.23 Å². The molecule has 5 aliphatic rings. The van der Waals surface area contributed by atoms with Crippen molar-refractivity contribution in [2.24, 2.45) is 34.8 Å². The van der Waals surface area contributed by atoms with Crippen LogP contribution in [0.2, 0.25) is 0 Å². The molecule has 0 spiro atoms. The second-order valence-electron chi connectivity index (χ2n) is 9.32. The molecular formula is C20H35NO. The van der Waals surface area contributed by atoms with E-state index < -0.39 is 0 Å². The van der Waals surface area contributed by atoms with Crippen molar-refractivity contribution in [1.29, 1.82) is 0 Å². The number of nitrogens with two attached hydrogens (primary N) is 1. The highest BCUT2D eigenvalue weighted by atomic mass is 16.5. The van der Waals surface area contributed by atoms with Crippen LogP contribution in [0, 0.1) is 29.1 Å². The fourth-order valence-corrected chi connectivity index (χ4v) is 6.89. The minimum absolute atomic E-state index is 0.000148. The van der Waals surface area contributed by atoms with Crippen LogP contribution in [0.3, 0.4) is 0 Å². The van der Waals surface area contributed by atoms with Crippen molar-refractivity contribution in [3.05, 3.63) is 0 Å². The van der Waals surface area contributed by atoms with E-state index in [1.54, 1.807) is 0 Å². The molecule has 0 aromatic rings. The summed E-state index contributed by atoms with van der Waals surface area (Å²) >= 11 is 0. The van der Waals surface area contributed by atoms with Crippen molar-refractivity contribution in [2.45, 2.75) is 89.7 Å². The van der Waals surface area contributed by atoms with E-state index >= 15 is 0 Å². The summed E-state index contributed by atoms with van der Waals surface area (Å²) in [6.45, 7) is 0.901. The third kappa shape index (κ3) is 3.38. The third-order valence-electron chi connectivity index (χ3n) is 7.38. The minimum Gasteiger partial charge on any atom is -0.364 e. The van der Waals surface area contributed by atoms with Gasteiger partial charge in [0.15, 0.2) is 0 Å². The smallest absolute Gasteiger partial charge is 0.106 e. The van der Waals surface area contributed by atoms with E-state index in [4.69, 9.17) is 10.5 Å². The third-order valence-corrected chi connectivity index (χ3v) is 7.38. The van der Waals surface area contributed by atoms with E-state index in [2.05, 4.69) is 0 Å². The van der Waals surface area contributed by atoms with Gasteiger partial charge in [-0.3, -0.25) is 0 Å². The lowest BCUT2D eigenvalue weighted by molar-refractivity contribution is -0.0869. The Morgan fingerprint density at radius 3 is 2.09 bits per heavy atom. The number of ether oxygens (including phenoxy) is 1. The molecule has 0 aliphatic heterocycles. The molecule has 4 bridgehead atoms. The van der Waals surface area contributed by atoms with Gasteiger partial charge in [-0.2, -0.15) is 0 Å². The molecule has 126 valence electrons. The lowest BCUT2D eigenvalue weighted by atomic mass is 9.49. The molecule has 22 heavy (non-hydrogen) atoms. The molecule has 2 heteroatoms. The second-order valence-corrected chi connectivity index (χ2v) is 9.32. The largest absolute Gasteiger partial charge is 0.364 e. The first-order valence-corrected chi connectivity index (χ1v) is 10.1. The Hall–Kier alpha value is -0.0800. The first kappa shape index (κ1) is 15.4. The Labute approximate surface area is 136 Å². The van der Waals surface area contributed by atoms with Crippen LogP contribution in [0.1, 0.15) is 83.5 Å². The second kappa shape index (κ2) is 6.43. The molecule has 2 nitrogen and oxygen atoms in total. The highest BCUT2D eigenvalue weighted by Gasteiger charge is 2.51. The first-order chi connectivity index (χ1) is 10.7. The van der Waals surface area contributed by atoms with Crippen molar-refractivity contribution in [3.63, 3.8) is 0 Å². The Balaban J connectivity index is 1.23. The van der Waals surface area contributed by atoms with Gasteiger partial charge in [-0.15, -0.1) is 0 Å². The van der Waals surface area contributed by atoms with Gasteiger partial charge in [-0.25, -0.2) is 0 Å². The van der Waals surface area contributed by atoms with Gasteiger partial charge >= 0.3 is 0 Å². The molecule has 0 radical (unpaired) electrons. The zero-order chi connectivity index (χ0) is 15.0. The van der Waals surface area contributed by atoms with Gasteiger partial charge in [0.1, 0.15) is 6.23 Å². The van der Waals surface area contributed by atoms with E-state index in [9.17, 15) is 0 Å². The molecule has 0 aromatic heterocycles. The fraction of sp³-hybridized carbons (Fsp3) is 1.00. The quantitative estimate of drug-likeness (QED) is 0.711. The van der Waals surface area contributed by atoms with Crippen LogP contribution in [0.15, 0.2) is 0 Å². The van der Waals surface area contributed by atoms with Gasteiger partial charge in [0, 0.05) is 6.61 Å². The van der Waals surface area contributed by atoms with E-state index in [0.717, 1.165) is 36.7 Å².